The normalized spacial score (nSPS) is 15.6. The Balaban J connectivity index is 1.44. The number of hydrogen-bond donors (Lipinski definition) is 4. The molecule has 0 spiro atoms. The van der Waals surface area contributed by atoms with Gasteiger partial charge in [0.25, 0.3) is 5.91 Å². The molecular formula is C28H32N4O5. The molecular weight excluding hydrogens is 472 g/mol. The number of morpholine rings is 1. The van der Waals surface area contributed by atoms with Gasteiger partial charge in [0.15, 0.2) is 0 Å². The maximum absolute atomic E-state index is 12.4. The fourth-order valence-electron chi connectivity index (χ4n) is 4.18. The Labute approximate surface area is 215 Å². The van der Waals surface area contributed by atoms with Crippen molar-refractivity contribution in [3.8, 4) is 17.4 Å². The molecule has 2 aromatic carbocycles. The standard InChI is InChI=1S/C28H32N4O5/c1-19(25(16-29)28(35)31-17-24(34)18-33)26-6-7-27(37-26)22-3-2-21-15-23(5-4-20(21)14-22)30-8-9-32-10-12-36-13-11-32/h2-7,14-15,24,30,33-34H,8-13,17-18H2,1H3,(H,31,35). The molecule has 4 N–H and O–H groups in total. The topological polar surface area (TPSA) is 131 Å². The van der Waals surface area contributed by atoms with E-state index < -0.39 is 18.6 Å². The van der Waals surface area contributed by atoms with E-state index in [0.717, 1.165) is 61.4 Å². The van der Waals surface area contributed by atoms with Gasteiger partial charge < -0.3 is 30.0 Å². The highest BCUT2D eigenvalue weighted by molar-refractivity contribution is 6.04. The second-order valence-electron chi connectivity index (χ2n) is 8.98. The summed E-state index contributed by atoms with van der Waals surface area (Å²) >= 11 is 0. The number of carbonyl (C=O) groups is 1. The summed E-state index contributed by atoms with van der Waals surface area (Å²) in [5, 5.41) is 36.0. The van der Waals surface area contributed by atoms with Crippen LogP contribution < -0.4 is 10.6 Å². The first-order chi connectivity index (χ1) is 18.0. The summed E-state index contributed by atoms with van der Waals surface area (Å²) in [5.74, 6) is 0.396. The molecule has 9 heteroatoms. The molecule has 0 radical (unpaired) electrons. The number of allylic oxidation sites excluding steroid dienone is 1. The van der Waals surface area contributed by atoms with Gasteiger partial charge in [-0.05, 0) is 48.0 Å². The molecule has 1 atom stereocenters. The third-order valence-electron chi connectivity index (χ3n) is 6.38. The molecule has 1 saturated heterocycles. The molecule has 9 nitrogen and oxygen atoms in total. The van der Waals surface area contributed by atoms with Crippen LogP contribution in [0.3, 0.4) is 0 Å². The number of fused-ring (bicyclic) bond motifs is 1. The predicted molar refractivity (Wildman–Crippen MR) is 142 cm³/mol. The number of benzene rings is 2. The van der Waals surface area contributed by atoms with E-state index in [-0.39, 0.29) is 12.1 Å². The molecule has 1 aliphatic heterocycles. The summed E-state index contributed by atoms with van der Waals surface area (Å²) in [4.78, 5) is 14.8. The second kappa shape index (κ2) is 12.5. The number of nitriles is 1. The number of aliphatic hydroxyl groups excluding tert-OH is 2. The van der Waals surface area contributed by atoms with E-state index >= 15 is 0 Å². The summed E-state index contributed by atoms with van der Waals surface area (Å²) < 4.78 is 11.4. The van der Waals surface area contributed by atoms with E-state index in [1.165, 1.54) is 0 Å². The van der Waals surface area contributed by atoms with Gasteiger partial charge in [-0.2, -0.15) is 5.26 Å². The van der Waals surface area contributed by atoms with Gasteiger partial charge in [-0.3, -0.25) is 9.69 Å². The minimum Gasteiger partial charge on any atom is -0.456 e. The number of anilines is 1. The third-order valence-corrected chi connectivity index (χ3v) is 6.38. The average molecular weight is 505 g/mol. The molecule has 1 fully saturated rings. The number of aliphatic hydroxyl groups is 2. The van der Waals surface area contributed by atoms with Crippen molar-refractivity contribution in [2.75, 3.05) is 57.9 Å². The van der Waals surface area contributed by atoms with Gasteiger partial charge in [0.1, 0.15) is 23.2 Å². The SMILES string of the molecule is CC(=C(C#N)C(=O)NCC(O)CO)c1ccc(-c2ccc3cc(NCCN4CCOCC4)ccc3c2)o1. The number of carbonyl (C=O) groups excluding carboxylic acids is 1. The van der Waals surface area contributed by atoms with Crippen molar-refractivity contribution in [2.24, 2.45) is 0 Å². The number of hydrogen-bond acceptors (Lipinski definition) is 8. The van der Waals surface area contributed by atoms with Gasteiger partial charge in [0.05, 0.1) is 25.9 Å². The Morgan fingerprint density at radius 1 is 1.14 bits per heavy atom. The van der Waals surface area contributed by atoms with Gasteiger partial charge in [-0.15, -0.1) is 0 Å². The van der Waals surface area contributed by atoms with Crippen LogP contribution in [0.25, 0.3) is 27.7 Å². The molecule has 4 rings (SSSR count). The van der Waals surface area contributed by atoms with Crippen LogP contribution in [0.15, 0.2) is 58.5 Å². The molecule has 0 aliphatic carbocycles. The van der Waals surface area contributed by atoms with Crippen LogP contribution in [-0.2, 0) is 9.53 Å². The van der Waals surface area contributed by atoms with Crippen molar-refractivity contribution in [2.45, 2.75) is 13.0 Å². The number of nitrogens with zero attached hydrogens (tertiary/aromatic N) is 2. The minimum absolute atomic E-state index is 0.113. The summed E-state index contributed by atoms with van der Waals surface area (Å²) in [6.07, 6.45) is -1.09. The van der Waals surface area contributed by atoms with Crippen LogP contribution in [0.2, 0.25) is 0 Å². The van der Waals surface area contributed by atoms with Crippen LogP contribution in [-0.4, -0.2) is 79.7 Å². The first-order valence-corrected chi connectivity index (χ1v) is 12.3. The molecule has 3 aromatic rings. The smallest absolute Gasteiger partial charge is 0.262 e. The zero-order chi connectivity index (χ0) is 26.2. The molecule has 194 valence electrons. The Morgan fingerprint density at radius 2 is 1.89 bits per heavy atom. The van der Waals surface area contributed by atoms with E-state index in [4.69, 9.17) is 14.3 Å². The summed E-state index contributed by atoms with van der Waals surface area (Å²) in [5.41, 5.74) is 2.23. The Bertz CT molecular complexity index is 1300. The van der Waals surface area contributed by atoms with Crippen LogP contribution in [0.1, 0.15) is 12.7 Å². The van der Waals surface area contributed by atoms with Gasteiger partial charge in [-0.1, -0.05) is 18.2 Å². The maximum atomic E-state index is 12.4. The highest BCUT2D eigenvalue weighted by Crippen LogP contribution is 2.30. The zero-order valence-electron chi connectivity index (χ0n) is 20.9. The number of ether oxygens (including phenoxy) is 1. The average Bonchev–Trinajstić information content (AvgIpc) is 3.43. The first kappa shape index (κ1) is 26.4. The van der Waals surface area contributed by atoms with E-state index in [2.05, 4.69) is 33.7 Å². The number of furan rings is 1. The molecule has 1 aliphatic rings. The number of amides is 1. The highest BCUT2D eigenvalue weighted by Gasteiger charge is 2.18. The third kappa shape index (κ3) is 6.76. The molecule has 2 heterocycles. The second-order valence-corrected chi connectivity index (χ2v) is 8.98. The molecule has 0 bridgehead atoms. The van der Waals surface area contributed by atoms with E-state index in [0.29, 0.717) is 17.1 Å². The molecule has 37 heavy (non-hydrogen) atoms. The Morgan fingerprint density at radius 3 is 2.65 bits per heavy atom. The van der Waals surface area contributed by atoms with E-state index in [1.807, 2.05) is 30.3 Å². The highest BCUT2D eigenvalue weighted by atomic mass is 16.5. The molecule has 0 saturated carbocycles. The fraction of sp³-hybridized carbons (Fsp3) is 0.357. The van der Waals surface area contributed by atoms with Crippen LogP contribution in [0.5, 0.6) is 0 Å². The lowest BCUT2D eigenvalue weighted by Gasteiger charge is -2.26. The van der Waals surface area contributed by atoms with Crippen LogP contribution >= 0.6 is 0 Å². The first-order valence-electron chi connectivity index (χ1n) is 12.3. The quantitative estimate of drug-likeness (QED) is 0.245. The van der Waals surface area contributed by atoms with Crippen molar-refractivity contribution < 1.29 is 24.2 Å². The van der Waals surface area contributed by atoms with Gasteiger partial charge in [0, 0.05) is 49.5 Å². The largest absolute Gasteiger partial charge is 0.456 e. The summed E-state index contributed by atoms with van der Waals surface area (Å²) in [6.45, 7) is 6.41. The van der Waals surface area contributed by atoms with Crippen molar-refractivity contribution in [1.82, 2.24) is 10.2 Å². The van der Waals surface area contributed by atoms with Crippen molar-refractivity contribution in [1.29, 1.82) is 5.26 Å². The number of rotatable bonds is 10. The summed E-state index contributed by atoms with van der Waals surface area (Å²) in [6, 6.07) is 17.8. The minimum atomic E-state index is -1.09. The lowest BCUT2D eigenvalue weighted by atomic mass is 10.0. The number of nitrogens with one attached hydrogen (secondary N) is 2. The van der Waals surface area contributed by atoms with Crippen molar-refractivity contribution >= 4 is 27.9 Å². The van der Waals surface area contributed by atoms with E-state index in [9.17, 15) is 15.2 Å². The molecule has 1 amide bonds. The van der Waals surface area contributed by atoms with Gasteiger partial charge in [0.2, 0.25) is 0 Å². The fourth-order valence-corrected chi connectivity index (χ4v) is 4.18. The van der Waals surface area contributed by atoms with Crippen molar-refractivity contribution in [3.63, 3.8) is 0 Å². The predicted octanol–water partition coefficient (Wildman–Crippen LogP) is 2.61. The van der Waals surface area contributed by atoms with Crippen molar-refractivity contribution in [3.05, 3.63) is 59.9 Å². The summed E-state index contributed by atoms with van der Waals surface area (Å²) in [7, 11) is 0. The lowest BCUT2D eigenvalue weighted by molar-refractivity contribution is -0.117. The monoisotopic (exact) mass is 504 g/mol. The van der Waals surface area contributed by atoms with Gasteiger partial charge >= 0.3 is 0 Å². The maximum Gasteiger partial charge on any atom is 0.262 e. The van der Waals surface area contributed by atoms with Gasteiger partial charge in [-0.25, -0.2) is 0 Å². The Hall–Kier alpha value is -3.68. The van der Waals surface area contributed by atoms with E-state index in [1.54, 1.807) is 13.0 Å². The lowest BCUT2D eigenvalue weighted by Crippen LogP contribution is -2.38. The Kier molecular flexibility index (Phi) is 8.93. The van der Waals surface area contributed by atoms with Crippen LogP contribution in [0.4, 0.5) is 5.69 Å². The zero-order valence-corrected chi connectivity index (χ0v) is 20.9. The molecule has 1 unspecified atom stereocenters. The van der Waals surface area contributed by atoms with Crippen LogP contribution in [0, 0.1) is 11.3 Å². The molecule has 1 aromatic heterocycles.